The van der Waals surface area contributed by atoms with Crippen LogP contribution in [-0.4, -0.2) is 38.8 Å². The Morgan fingerprint density at radius 1 is 1.43 bits per heavy atom. The molecule has 1 aromatic carbocycles. The topological polar surface area (TPSA) is 59.6 Å². The van der Waals surface area contributed by atoms with Crippen molar-refractivity contribution in [1.82, 2.24) is 10.6 Å². The average Bonchev–Trinajstić information content (AvgIpc) is 3.00. The van der Waals surface area contributed by atoms with Gasteiger partial charge in [0.05, 0.1) is 12.6 Å². The molecule has 1 fully saturated rings. The first kappa shape index (κ1) is 17.8. The number of hydrogen-bond donors (Lipinski definition) is 2. The smallest absolute Gasteiger partial charge is 0.237 e. The van der Waals surface area contributed by atoms with Gasteiger partial charge in [-0.1, -0.05) is 12.1 Å². The van der Waals surface area contributed by atoms with Gasteiger partial charge in [-0.3, -0.25) is 4.79 Å². The Morgan fingerprint density at radius 3 is 3.00 bits per heavy atom. The molecule has 1 amide bonds. The molecular weight excluding hydrogens is 292 g/mol. The second-order valence-corrected chi connectivity index (χ2v) is 4.86. The molecular formula is C15H23ClN2O3. The van der Waals surface area contributed by atoms with E-state index in [1.54, 1.807) is 7.11 Å². The molecule has 0 bridgehead atoms. The van der Waals surface area contributed by atoms with Crippen molar-refractivity contribution in [1.29, 1.82) is 0 Å². The molecule has 5 nitrogen and oxygen atoms in total. The van der Waals surface area contributed by atoms with Gasteiger partial charge in [0.25, 0.3) is 0 Å². The fraction of sp³-hybridized carbons (Fsp3) is 0.533. The number of halogens is 1. The lowest BCUT2D eigenvalue weighted by Crippen LogP contribution is -2.39. The van der Waals surface area contributed by atoms with Crippen LogP contribution in [0.1, 0.15) is 18.4 Å². The summed E-state index contributed by atoms with van der Waals surface area (Å²) in [7, 11) is 1.65. The van der Waals surface area contributed by atoms with E-state index in [-0.39, 0.29) is 24.4 Å². The Bertz CT molecular complexity index is 437. The van der Waals surface area contributed by atoms with Crippen LogP contribution in [0.15, 0.2) is 24.3 Å². The molecule has 0 saturated carbocycles. The van der Waals surface area contributed by atoms with Crippen LogP contribution in [0.3, 0.4) is 0 Å². The number of nitrogens with one attached hydrogen (secondary N) is 2. The summed E-state index contributed by atoms with van der Waals surface area (Å²) >= 11 is 0. The van der Waals surface area contributed by atoms with Gasteiger partial charge in [0.2, 0.25) is 5.91 Å². The number of amides is 1. The second-order valence-electron chi connectivity index (χ2n) is 4.86. The van der Waals surface area contributed by atoms with Crippen LogP contribution >= 0.6 is 12.4 Å². The van der Waals surface area contributed by atoms with Crippen LogP contribution < -0.4 is 15.4 Å². The Kier molecular flexibility index (Phi) is 8.12. The highest BCUT2D eigenvalue weighted by atomic mass is 35.5. The van der Waals surface area contributed by atoms with E-state index in [9.17, 15) is 4.79 Å². The summed E-state index contributed by atoms with van der Waals surface area (Å²) < 4.78 is 10.5. The van der Waals surface area contributed by atoms with Gasteiger partial charge in [0, 0.05) is 13.7 Å². The van der Waals surface area contributed by atoms with E-state index in [2.05, 4.69) is 10.6 Å². The van der Waals surface area contributed by atoms with Crippen molar-refractivity contribution in [2.75, 3.05) is 26.9 Å². The molecule has 1 aliphatic heterocycles. The summed E-state index contributed by atoms with van der Waals surface area (Å²) in [6, 6.07) is 7.72. The fourth-order valence-electron chi connectivity index (χ4n) is 2.21. The zero-order valence-electron chi connectivity index (χ0n) is 12.3. The number of carbonyl (C=O) groups is 1. The minimum Gasteiger partial charge on any atom is -0.491 e. The van der Waals surface area contributed by atoms with Gasteiger partial charge >= 0.3 is 0 Å². The van der Waals surface area contributed by atoms with E-state index >= 15 is 0 Å². The Labute approximate surface area is 131 Å². The standard InChI is InChI=1S/C15H22N2O3.ClH/c1-19-8-9-20-13-5-2-4-12(10-13)11-17-15(18)14-6-3-7-16-14;/h2,4-5,10,14,16H,3,6-9,11H2,1H3,(H,17,18);1H. The van der Waals surface area contributed by atoms with E-state index in [1.807, 2.05) is 24.3 Å². The fourth-order valence-corrected chi connectivity index (χ4v) is 2.21. The molecule has 1 aliphatic rings. The highest BCUT2D eigenvalue weighted by Crippen LogP contribution is 2.13. The number of benzene rings is 1. The molecule has 6 heteroatoms. The summed E-state index contributed by atoms with van der Waals surface area (Å²) in [5.41, 5.74) is 1.03. The van der Waals surface area contributed by atoms with Gasteiger partial charge in [-0.05, 0) is 37.1 Å². The van der Waals surface area contributed by atoms with Crippen LogP contribution in [0.5, 0.6) is 5.75 Å². The maximum Gasteiger partial charge on any atom is 0.237 e. The van der Waals surface area contributed by atoms with Crippen molar-refractivity contribution in [3.63, 3.8) is 0 Å². The third-order valence-corrected chi connectivity index (χ3v) is 3.30. The second kappa shape index (κ2) is 9.60. The molecule has 21 heavy (non-hydrogen) atoms. The van der Waals surface area contributed by atoms with Gasteiger partial charge in [-0.15, -0.1) is 12.4 Å². The highest BCUT2D eigenvalue weighted by Gasteiger charge is 2.21. The molecule has 1 atom stereocenters. The van der Waals surface area contributed by atoms with Crippen molar-refractivity contribution in [3.8, 4) is 5.75 Å². The lowest BCUT2D eigenvalue weighted by Gasteiger charge is -2.12. The van der Waals surface area contributed by atoms with E-state index in [4.69, 9.17) is 9.47 Å². The summed E-state index contributed by atoms with van der Waals surface area (Å²) in [4.78, 5) is 11.9. The van der Waals surface area contributed by atoms with Crippen molar-refractivity contribution in [2.24, 2.45) is 0 Å². The molecule has 2 rings (SSSR count). The minimum absolute atomic E-state index is 0. The molecule has 118 valence electrons. The van der Waals surface area contributed by atoms with Crippen molar-refractivity contribution < 1.29 is 14.3 Å². The van der Waals surface area contributed by atoms with Crippen LogP contribution in [0.25, 0.3) is 0 Å². The summed E-state index contributed by atoms with van der Waals surface area (Å²) in [5.74, 6) is 0.876. The quantitative estimate of drug-likeness (QED) is 0.749. The molecule has 0 spiro atoms. The van der Waals surface area contributed by atoms with Crippen LogP contribution in [0.4, 0.5) is 0 Å². The first-order valence-electron chi connectivity index (χ1n) is 7.01. The zero-order chi connectivity index (χ0) is 14.2. The maximum atomic E-state index is 11.9. The van der Waals surface area contributed by atoms with Crippen LogP contribution in [0.2, 0.25) is 0 Å². The summed E-state index contributed by atoms with van der Waals surface area (Å²) in [6.07, 6.45) is 1.99. The number of rotatable bonds is 7. The highest BCUT2D eigenvalue weighted by molar-refractivity contribution is 5.85. The van der Waals surface area contributed by atoms with Gasteiger partial charge in [-0.2, -0.15) is 0 Å². The lowest BCUT2D eigenvalue weighted by atomic mass is 10.2. The zero-order valence-corrected chi connectivity index (χ0v) is 13.1. The maximum absolute atomic E-state index is 11.9. The van der Waals surface area contributed by atoms with Crippen molar-refractivity contribution >= 4 is 18.3 Å². The molecule has 0 aromatic heterocycles. The van der Waals surface area contributed by atoms with E-state index < -0.39 is 0 Å². The minimum atomic E-state index is -0.0314. The van der Waals surface area contributed by atoms with Gasteiger partial charge in [-0.25, -0.2) is 0 Å². The molecule has 1 heterocycles. The van der Waals surface area contributed by atoms with Crippen LogP contribution in [0, 0.1) is 0 Å². The first-order valence-corrected chi connectivity index (χ1v) is 7.01. The molecule has 0 aliphatic carbocycles. The number of ether oxygens (including phenoxy) is 2. The predicted molar refractivity (Wildman–Crippen MR) is 83.9 cm³/mol. The predicted octanol–water partition coefficient (Wildman–Crippen LogP) is 1.50. The first-order chi connectivity index (χ1) is 9.79. The molecule has 1 saturated heterocycles. The molecule has 1 unspecified atom stereocenters. The number of hydrogen-bond acceptors (Lipinski definition) is 4. The lowest BCUT2D eigenvalue weighted by molar-refractivity contribution is -0.122. The average molecular weight is 315 g/mol. The third-order valence-electron chi connectivity index (χ3n) is 3.30. The summed E-state index contributed by atoms with van der Waals surface area (Å²) in [5, 5.41) is 6.14. The summed E-state index contributed by atoms with van der Waals surface area (Å²) in [6.45, 7) is 2.55. The number of methoxy groups -OCH3 is 1. The van der Waals surface area contributed by atoms with Crippen LogP contribution in [-0.2, 0) is 16.1 Å². The van der Waals surface area contributed by atoms with Gasteiger partial charge < -0.3 is 20.1 Å². The SMILES string of the molecule is COCCOc1cccc(CNC(=O)C2CCCN2)c1.Cl. The normalized spacial score (nSPS) is 17.1. The van der Waals surface area contributed by atoms with E-state index in [0.29, 0.717) is 19.8 Å². The molecule has 1 aromatic rings. The van der Waals surface area contributed by atoms with Gasteiger partial charge in [0.1, 0.15) is 12.4 Å². The number of carbonyl (C=O) groups excluding carboxylic acids is 1. The van der Waals surface area contributed by atoms with Crippen molar-refractivity contribution in [3.05, 3.63) is 29.8 Å². The molecule has 2 N–H and O–H groups in total. The van der Waals surface area contributed by atoms with Crippen molar-refractivity contribution in [2.45, 2.75) is 25.4 Å². The Balaban J connectivity index is 0.00000220. The monoisotopic (exact) mass is 314 g/mol. The molecule has 0 radical (unpaired) electrons. The Morgan fingerprint density at radius 2 is 2.29 bits per heavy atom. The largest absolute Gasteiger partial charge is 0.491 e. The van der Waals surface area contributed by atoms with E-state index in [0.717, 1.165) is 30.7 Å². The Hall–Kier alpha value is -1.30. The van der Waals surface area contributed by atoms with E-state index in [1.165, 1.54) is 0 Å². The van der Waals surface area contributed by atoms with Gasteiger partial charge in [0.15, 0.2) is 0 Å². The third kappa shape index (κ3) is 5.91.